The highest BCUT2D eigenvalue weighted by Crippen LogP contribution is 2.30. The summed E-state index contributed by atoms with van der Waals surface area (Å²) in [4.78, 5) is 12.0. The van der Waals surface area contributed by atoms with Crippen LogP contribution in [0.25, 0.3) is 11.1 Å². The number of amides is 2. The SMILES string of the molecule is CCOCc1ccccc1-c1ccccc1S(=O)(=O)NC(=O)NC1CC1. The molecule has 3 rings (SSSR count). The second-order valence-electron chi connectivity index (χ2n) is 6.14. The maximum atomic E-state index is 12.8. The third-order valence-corrected chi connectivity index (χ3v) is 5.47. The third-order valence-electron chi connectivity index (χ3n) is 4.09. The number of carbonyl (C=O) groups is 1. The van der Waals surface area contributed by atoms with Crippen LogP contribution in [0.2, 0.25) is 0 Å². The minimum absolute atomic E-state index is 0.0647. The van der Waals surface area contributed by atoms with Crippen molar-refractivity contribution in [2.24, 2.45) is 0 Å². The number of rotatable bonds is 7. The number of sulfonamides is 1. The normalized spacial score (nSPS) is 14.0. The smallest absolute Gasteiger partial charge is 0.328 e. The highest BCUT2D eigenvalue weighted by atomic mass is 32.2. The molecule has 7 heteroatoms. The Bertz CT molecular complexity index is 892. The van der Waals surface area contributed by atoms with Crippen LogP contribution in [0, 0.1) is 0 Å². The number of carbonyl (C=O) groups excluding carboxylic acids is 1. The van der Waals surface area contributed by atoms with Gasteiger partial charge in [0, 0.05) is 18.2 Å². The Morgan fingerprint density at radius 1 is 1.08 bits per heavy atom. The fourth-order valence-electron chi connectivity index (χ4n) is 2.66. The van der Waals surface area contributed by atoms with Gasteiger partial charge in [-0.1, -0.05) is 42.5 Å². The highest BCUT2D eigenvalue weighted by molar-refractivity contribution is 7.90. The van der Waals surface area contributed by atoms with Crippen LogP contribution < -0.4 is 10.0 Å². The summed E-state index contributed by atoms with van der Waals surface area (Å²) in [5.41, 5.74) is 2.19. The van der Waals surface area contributed by atoms with E-state index in [1.54, 1.807) is 18.2 Å². The Hall–Kier alpha value is -2.38. The number of urea groups is 1. The molecule has 0 unspecified atom stereocenters. The summed E-state index contributed by atoms with van der Waals surface area (Å²) in [6, 6.07) is 13.5. The van der Waals surface area contributed by atoms with E-state index >= 15 is 0 Å². The van der Waals surface area contributed by atoms with Crippen LogP contribution in [0.15, 0.2) is 53.4 Å². The van der Waals surface area contributed by atoms with E-state index in [-0.39, 0.29) is 10.9 Å². The Morgan fingerprint density at radius 3 is 2.42 bits per heavy atom. The van der Waals surface area contributed by atoms with Crippen molar-refractivity contribution < 1.29 is 17.9 Å². The van der Waals surface area contributed by atoms with Crippen molar-refractivity contribution in [1.29, 1.82) is 0 Å². The van der Waals surface area contributed by atoms with Gasteiger partial charge in [-0.15, -0.1) is 0 Å². The Labute approximate surface area is 153 Å². The lowest BCUT2D eigenvalue weighted by Gasteiger charge is -2.15. The lowest BCUT2D eigenvalue weighted by atomic mass is 10.0. The Morgan fingerprint density at radius 2 is 1.73 bits per heavy atom. The first-order valence-electron chi connectivity index (χ1n) is 8.59. The first-order chi connectivity index (χ1) is 12.5. The molecule has 138 valence electrons. The second-order valence-corrected chi connectivity index (χ2v) is 7.79. The molecule has 6 nitrogen and oxygen atoms in total. The summed E-state index contributed by atoms with van der Waals surface area (Å²) < 4.78 is 33.1. The van der Waals surface area contributed by atoms with Gasteiger partial charge in [-0.25, -0.2) is 17.9 Å². The molecule has 26 heavy (non-hydrogen) atoms. The quantitative estimate of drug-likeness (QED) is 0.780. The van der Waals surface area contributed by atoms with Crippen LogP contribution in [0.4, 0.5) is 4.79 Å². The summed E-state index contributed by atoms with van der Waals surface area (Å²) in [5, 5.41) is 2.63. The fraction of sp³-hybridized carbons (Fsp3) is 0.316. The molecule has 2 aromatic rings. The molecule has 2 aromatic carbocycles. The number of ether oxygens (including phenoxy) is 1. The van der Waals surface area contributed by atoms with E-state index in [1.165, 1.54) is 6.07 Å². The number of benzene rings is 2. The molecule has 0 radical (unpaired) electrons. The molecule has 0 bridgehead atoms. The van der Waals surface area contributed by atoms with Gasteiger partial charge in [0.15, 0.2) is 0 Å². The van der Waals surface area contributed by atoms with Gasteiger partial charge in [-0.3, -0.25) is 0 Å². The van der Waals surface area contributed by atoms with Crippen molar-refractivity contribution in [3.8, 4) is 11.1 Å². The van der Waals surface area contributed by atoms with Crippen LogP contribution in [0.1, 0.15) is 25.3 Å². The van der Waals surface area contributed by atoms with Crippen molar-refractivity contribution >= 4 is 16.1 Å². The monoisotopic (exact) mass is 374 g/mol. The second kappa shape index (κ2) is 7.88. The molecule has 1 aliphatic rings. The average molecular weight is 374 g/mol. The number of nitrogens with one attached hydrogen (secondary N) is 2. The van der Waals surface area contributed by atoms with E-state index in [0.29, 0.717) is 18.8 Å². The van der Waals surface area contributed by atoms with Crippen molar-refractivity contribution in [2.75, 3.05) is 6.61 Å². The molecule has 2 amide bonds. The van der Waals surface area contributed by atoms with Gasteiger partial charge in [-0.05, 0) is 37.0 Å². The molecule has 1 fully saturated rings. The van der Waals surface area contributed by atoms with Gasteiger partial charge in [-0.2, -0.15) is 0 Å². The predicted molar refractivity (Wildman–Crippen MR) is 99.1 cm³/mol. The fourth-order valence-corrected chi connectivity index (χ4v) is 3.80. The molecule has 2 N–H and O–H groups in total. The van der Waals surface area contributed by atoms with Gasteiger partial charge < -0.3 is 10.1 Å². The largest absolute Gasteiger partial charge is 0.377 e. The molecule has 0 aromatic heterocycles. The Balaban J connectivity index is 1.94. The minimum atomic E-state index is -4.00. The summed E-state index contributed by atoms with van der Waals surface area (Å²) in [6.45, 7) is 2.86. The summed E-state index contributed by atoms with van der Waals surface area (Å²) >= 11 is 0. The molecule has 0 spiro atoms. The van der Waals surface area contributed by atoms with E-state index in [1.807, 2.05) is 31.2 Å². The van der Waals surface area contributed by atoms with E-state index in [4.69, 9.17) is 4.74 Å². The van der Waals surface area contributed by atoms with Crippen molar-refractivity contribution in [1.82, 2.24) is 10.0 Å². The predicted octanol–water partition coefficient (Wildman–Crippen LogP) is 3.04. The summed E-state index contributed by atoms with van der Waals surface area (Å²) in [6.07, 6.45) is 1.77. The molecule has 0 atom stereocenters. The van der Waals surface area contributed by atoms with E-state index in [0.717, 1.165) is 24.0 Å². The lowest BCUT2D eigenvalue weighted by molar-refractivity contribution is 0.134. The first-order valence-corrected chi connectivity index (χ1v) is 10.1. The third kappa shape index (κ3) is 4.42. The van der Waals surface area contributed by atoms with Crippen LogP contribution in [-0.2, 0) is 21.4 Å². The van der Waals surface area contributed by atoms with Gasteiger partial charge in [0.2, 0.25) is 0 Å². The average Bonchev–Trinajstić information content (AvgIpc) is 3.43. The zero-order valence-electron chi connectivity index (χ0n) is 14.6. The minimum Gasteiger partial charge on any atom is -0.377 e. The standard InChI is InChI=1S/C19H22N2O4S/c1-2-25-13-14-7-3-4-8-16(14)17-9-5-6-10-18(17)26(23,24)21-19(22)20-15-11-12-15/h3-10,15H,2,11-13H2,1H3,(H2,20,21,22). The molecule has 0 heterocycles. The van der Waals surface area contributed by atoms with E-state index in [9.17, 15) is 13.2 Å². The molecule has 1 saturated carbocycles. The zero-order chi connectivity index (χ0) is 18.6. The Kier molecular flexibility index (Phi) is 5.58. The van der Waals surface area contributed by atoms with Crippen molar-refractivity contribution in [3.63, 3.8) is 0 Å². The molecule has 1 aliphatic carbocycles. The van der Waals surface area contributed by atoms with E-state index in [2.05, 4.69) is 10.0 Å². The molecule has 0 aliphatic heterocycles. The molecule has 0 saturated heterocycles. The van der Waals surface area contributed by atoms with E-state index < -0.39 is 16.1 Å². The van der Waals surface area contributed by atoms with Gasteiger partial charge >= 0.3 is 6.03 Å². The van der Waals surface area contributed by atoms with Crippen molar-refractivity contribution in [3.05, 3.63) is 54.1 Å². The van der Waals surface area contributed by atoms with Crippen LogP contribution in [0.3, 0.4) is 0 Å². The molecular weight excluding hydrogens is 352 g/mol. The van der Waals surface area contributed by atoms with Crippen molar-refractivity contribution in [2.45, 2.75) is 37.3 Å². The number of hydrogen-bond donors (Lipinski definition) is 2. The lowest BCUT2D eigenvalue weighted by Crippen LogP contribution is -2.40. The van der Waals surface area contributed by atoms with Crippen LogP contribution in [0.5, 0.6) is 0 Å². The van der Waals surface area contributed by atoms with Gasteiger partial charge in [0.05, 0.1) is 11.5 Å². The maximum absolute atomic E-state index is 12.8. The maximum Gasteiger partial charge on any atom is 0.328 e. The molecular formula is C19H22N2O4S. The highest BCUT2D eigenvalue weighted by Gasteiger charge is 2.27. The topological polar surface area (TPSA) is 84.5 Å². The first kappa shape index (κ1) is 18.4. The number of hydrogen-bond acceptors (Lipinski definition) is 4. The van der Waals surface area contributed by atoms with Gasteiger partial charge in [0.25, 0.3) is 10.0 Å². The summed E-state index contributed by atoms with van der Waals surface area (Å²) in [5.74, 6) is 0. The van der Waals surface area contributed by atoms with Gasteiger partial charge in [0.1, 0.15) is 0 Å². The zero-order valence-corrected chi connectivity index (χ0v) is 15.4. The van der Waals surface area contributed by atoms with Crippen LogP contribution >= 0.6 is 0 Å². The van der Waals surface area contributed by atoms with Crippen LogP contribution in [-0.4, -0.2) is 27.1 Å². The summed E-state index contributed by atoms with van der Waals surface area (Å²) in [7, 11) is -4.00.